The molecule has 4 aromatic carbocycles. The smallest absolute Gasteiger partial charge is 0.160 e. The lowest BCUT2D eigenvalue weighted by Gasteiger charge is -2.25. The molecule has 2 aliphatic carbocycles. The highest BCUT2D eigenvalue weighted by Crippen LogP contribution is 2.33. The van der Waals surface area contributed by atoms with Gasteiger partial charge in [0.2, 0.25) is 0 Å². The fourth-order valence-electron chi connectivity index (χ4n) is 6.55. The third kappa shape index (κ3) is 7.97. The minimum absolute atomic E-state index is 0.111. The van der Waals surface area contributed by atoms with Gasteiger partial charge in [-0.15, -0.1) is 0 Å². The Kier molecular flexibility index (Phi) is 10.9. The average molecular weight is 721 g/mol. The summed E-state index contributed by atoms with van der Waals surface area (Å²) in [5.74, 6) is 0.111. The van der Waals surface area contributed by atoms with Gasteiger partial charge in [0.1, 0.15) is 0 Å². The van der Waals surface area contributed by atoms with Crippen molar-refractivity contribution >= 4 is 44.1 Å². The summed E-state index contributed by atoms with van der Waals surface area (Å²) in [5.41, 5.74) is 4.60. The Hall–Kier alpha value is -4.04. The molecule has 1 heterocycles. The molecule has 246 valence electrons. The SMILES string of the molecule is C1=C(Cc2ccccc2)NC=c2ccccc2=N1.CN(C)CCC=CCS(=O)(=O)[C@@H]1CCC=c2ccc3c(c21)CC=c1c(Br)cccc1=3. The minimum Gasteiger partial charge on any atom is -0.363 e. The fourth-order valence-corrected chi connectivity index (χ4v) is 8.85. The molecule has 0 saturated heterocycles. The first-order chi connectivity index (χ1) is 23.3. The van der Waals surface area contributed by atoms with Crippen LogP contribution in [0.15, 0.2) is 118 Å². The van der Waals surface area contributed by atoms with Gasteiger partial charge in [-0.1, -0.05) is 113 Å². The fraction of sp³-hybridized carbons (Fsp3) is 0.244. The number of rotatable bonds is 8. The van der Waals surface area contributed by atoms with Crippen molar-refractivity contribution in [3.05, 3.63) is 162 Å². The predicted molar refractivity (Wildman–Crippen MR) is 201 cm³/mol. The van der Waals surface area contributed by atoms with E-state index >= 15 is 0 Å². The maximum atomic E-state index is 13.3. The molecule has 0 bridgehead atoms. The van der Waals surface area contributed by atoms with Crippen molar-refractivity contribution < 1.29 is 8.42 Å². The second-order valence-electron chi connectivity index (χ2n) is 12.7. The summed E-state index contributed by atoms with van der Waals surface area (Å²) in [6, 6.07) is 29.0. The van der Waals surface area contributed by atoms with Crippen LogP contribution < -0.4 is 26.3 Å². The first kappa shape index (κ1) is 33.8. The van der Waals surface area contributed by atoms with Crippen molar-refractivity contribution in [3.8, 4) is 0 Å². The predicted octanol–water partition coefficient (Wildman–Crippen LogP) is 5.34. The van der Waals surface area contributed by atoms with Crippen molar-refractivity contribution in [2.24, 2.45) is 4.99 Å². The van der Waals surface area contributed by atoms with Gasteiger partial charge < -0.3 is 10.2 Å². The normalized spacial score (nSPS) is 16.1. The number of hydrogen-bond donors (Lipinski definition) is 1. The molecule has 0 amide bonds. The second kappa shape index (κ2) is 15.5. The number of nitrogens with one attached hydrogen (secondary N) is 1. The zero-order valence-corrected chi connectivity index (χ0v) is 30.0. The number of halogens is 1. The monoisotopic (exact) mass is 719 g/mol. The van der Waals surface area contributed by atoms with Gasteiger partial charge in [0.15, 0.2) is 9.84 Å². The Labute approximate surface area is 291 Å². The first-order valence-corrected chi connectivity index (χ1v) is 19.1. The van der Waals surface area contributed by atoms with E-state index in [0.717, 1.165) is 63.8 Å². The van der Waals surface area contributed by atoms with E-state index in [1.807, 2.05) is 69.0 Å². The van der Waals surface area contributed by atoms with Crippen molar-refractivity contribution in [3.63, 3.8) is 0 Å². The van der Waals surface area contributed by atoms with Gasteiger partial charge in [-0.05, 0) is 89.5 Å². The Balaban J connectivity index is 0.000000189. The molecule has 0 aromatic heterocycles. The molecule has 1 N–H and O–H groups in total. The Bertz CT molecular complexity index is 2320. The van der Waals surface area contributed by atoms with Gasteiger partial charge in [0, 0.05) is 40.8 Å². The summed E-state index contributed by atoms with van der Waals surface area (Å²) in [6.07, 6.45) is 16.2. The molecule has 0 fully saturated rings. The summed E-state index contributed by atoms with van der Waals surface area (Å²) in [5, 5.41) is 9.68. The van der Waals surface area contributed by atoms with Crippen molar-refractivity contribution in [2.45, 2.75) is 37.4 Å². The van der Waals surface area contributed by atoms with E-state index in [-0.39, 0.29) is 5.75 Å². The highest BCUT2D eigenvalue weighted by molar-refractivity contribution is 9.10. The Morgan fingerprint density at radius 2 is 1.71 bits per heavy atom. The molecule has 5 nitrogen and oxygen atoms in total. The molecule has 0 unspecified atom stereocenters. The standard InChI is InChI=1S/C25H28BrNO2S.C16H14N2/c1-27(2)16-4-3-5-17-30(28,29)24-11-6-8-18-12-13-20-19-9-7-10-23(26)21(19)14-15-22(20)25(18)24;1-2-6-13(7-3-1)10-15-12-18-16-9-5-4-8-14(16)11-17-15/h3,5,7-10,12-14,24H,4,6,11,15-17H2,1-2H3;1-9,11-12,17H,10H2/t24-;/m1./s1. The van der Waals surface area contributed by atoms with Gasteiger partial charge >= 0.3 is 0 Å². The van der Waals surface area contributed by atoms with E-state index < -0.39 is 15.1 Å². The van der Waals surface area contributed by atoms with E-state index in [0.29, 0.717) is 6.42 Å². The molecule has 7 heteroatoms. The van der Waals surface area contributed by atoms with Crippen LogP contribution in [0.5, 0.6) is 0 Å². The number of sulfone groups is 1. The lowest BCUT2D eigenvalue weighted by Crippen LogP contribution is -2.28. The zero-order chi connectivity index (χ0) is 33.5. The Morgan fingerprint density at radius 1 is 0.896 bits per heavy atom. The third-order valence-corrected chi connectivity index (χ3v) is 11.7. The van der Waals surface area contributed by atoms with Crippen LogP contribution in [0.2, 0.25) is 0 Å². The molecule has 3 aliphatic rings. The molecular weight excluding hydrogens is 678 g/mol. The number of benzene rings is 4. The van der Waals surface area contributed by atoms with Crippen LogP contribution in [-0.2, 0) is 22.7 Å². The molecule has 4 aromatic rings. The van der Waals surface area contributed by atoms with Crippen molar-refractivity contribution in [2.75, 3.05) is 26.4 Å². The Morgan fingerprint density at radius 3 is 2.54 bits per heavy atom. The van der Waals surface area contributed by atoms with Crippen LogP contribution in [0.25, 0.3) is 18.4 Å². The highest BCUT2D eigenvalue weighted by atomic mass is 79.9. The lowest BCUT2D eigenvalue weighted by molar-refractivity contribution is 0.417. The van der Waals surface area contributed by atoms with Crippen LogP contribution in [-0.4, -0.2) is 39.7 Å². The third-order valence-electron chi connectivity index (χ3n) is 8.98. The van der Waals surface area contributed by atoms with Crippen molar-refractivity contribution in [1.29, 1.82) is 0 Å². The van der Waals surface area contributed by atoms with Gasteiger partial charge in [0.25, 0.3) is 0 Å². The van der Waals surface area contributed by atoms with Crippen LogP contribution in [0.1, 0.15) is 41.2 Å². The van der Waals surface area contributed by atoms with Crippen LogP contribution >= 0.6 is 15.9 Å². The molecule has 0 radical (unpaired) electrons. The summed E-state index contributed by atoms with van der Waals surface area (Å²) < 4.78 is 27.8. The number of allylic oxidation sites excluding steroid dienone is 1. The first-order valence-electron chi connectivity index (χ1n) is 16.5. The lowest BCUT2D eigenvalue weighted by atomic mass is 9.88. The number of nitrogens with zero attached hydrogens (tertiary/aromatic N) is 2. The largest absolute Gasteiger partial charge is 0.363 e. The van der Waals surface area contributed by atoms with Crippen LogP contribution in [0.3, 0.4) is 0 Å². The molecule has 1 aliphatic heterocycles. The van der Waals surface area contributed by atoms with Gasteiger partial charge in [-0.3, -0.25) is 4.99 Å². The summed E-state index contributed by atoms with van der Waals surface area (Å²) in [6.45, 7) is 0.927. The summed E-state index contributed by atoms with van der Waals surface area (Å²) >= 11 is 3.66. The summed E-state index contributed by atoms with van der Waals surface area (Å²) in [7, 11) is 0.789. The maximum Gasteiger partial charge on any atom is 0.160 e. The molecule has 7 rings (SSSR count). The second-order valence-corrected chi connectivity index (χ2v) is 15.7. The minimum atomic E-state index is -3.26. The highest BCUT2D eigenvalue weighted by Gasteiger charge is 2.31. The molecule has 0 saturated carbocycles. The van der Waals surface area contributed by atoms with Crippen molar-refractivity contribution in [1.82, 2.24) is 10.2 Å². The maximum absolute atomic E-state index is 13.3. The molecule has 0 spiro atoms. The van der Waals surface area contributed by atoms with E-state index in [1.54, 1.807) is 0 Å². The number of fused-ring (bicyclic) bond motifs is 5. The van der Waals surface area contributed by atoms with E-state index in [2.05, 4.69) is 97.9 Å². The average Bonchev–Trinajstić information content (AvgIpc) is 3.30. The van der Waals surface area contributed by atoms with Gasteiger partial charge in [0.05, 0.1) is 16.4 Å². The number of hydrogen-bond acceptors (Lipinski definition) is 5. The summed E-state index contributed by atoms with van der Waals surface area (Å²) in [4.78, 5) is 6.61. The van der Waals surface area contributed by atoms with E-state index in [9.17, 15) is 8.42 Å². The van der Waals surface area contributed by atoms with Crippen LogP contribution in [0.4, 0.5) is 0 Å². The zero-order valence-electron chi connectivity index (χ0n) is 27.6. The van der Waals surface area contributed by atoms with E-state index in [4.69, 9.17) is 0 Å². The van der Waals surface area contributed by atoms with E-state index in [1.165, 1.54) is 26.8 Å². The van der Waals surface area contributed by atoms with Gasteiger partial charge in [-0.25, -0.2) is 8.42 Å². The topological polar surface area (TPSA) is 61.8 Å². The van der Waals surface area contributed by atoms with Crippen LogP contribution in [0, 0.1) is 10.4 Å². The molecular formula is C41H42BrN3O2S. The quantitative estimate of drug-likeness (QED) is 0.250. The molecule has 1 atom stereocenters. The number of para-hydroxylation sites is 1. The molecule has 48 heavy (non-hydrogen) atoms. The van der Waals surface area contributed by atoms with Gasteiger partial charge in [-0.2, -0.15) is 0 Å².